The lowest BCUT2D eigenvalue weighted by Crippen LogP contribution is -2.42. The maximum absolute atomic E-state index is 12.2. The van der Waals surface area contributed by atoms with Crippen molar-refractivity contribution in [2.24, 2.45) is 5.92 Å². The third-order valence-electron chi connectivity index (χ3n) is 6.49. The number of aromatic nitrogens is 4. The predicted molar refractivity (Wildman–Crippen MR) is 118 cm³/mol. The Morgan fingerprint density at radius 2 is 2.03 bits per heavy atom. The van der Waals surface area contributed by atoms with Crippen molar-refractivity contribution in [3.63, 3.8) is 0 Å². The zero-order valence-corrected chi connectivity index (χ0v) is 18.7. The van der Waals surface area contributed by atoms with Gasteiger partial charge in [-0.05, 0) is 44.4 Å². The number of nitrogens with two attached hydrogens (primary N) is 1. The summed E-state index contributed by atoms with van der Waals surface area (Å²) in [5.74, 6) is 6.00. The van der Waals surface area contributed by atoms with Crippen LogP contribution in [0.4, 0.5) is 5.82 Å². The molecule has 0 aromatic carbocycles. The number of aliphatic hydroxyl groups is 3. The van der Waals surface area contributed by atoms with Crippen LogP contribution >= 0.6 is 0 Å². The van der Waals surface area contributed by atoms with E-state index in [0.29, 0.717) is 25.3 Å². The van der Waals surface area contributed by atoms with Crippen molar-refractivity contribution in [3.05, 3.63) is 12.2 Å². The highest BCUT2D eigenvalue weighted by molar-refractivity contribution is 5.83. The molecule has 1 unspecified atom stereocenters. The smallest absolute Gasteiger partial charge is 0.252 e. The summed E-state index contributed by atoms with van der Waals surface area (Å²) in [4.78, 5) is 24.9. The third-order valence-corrected chi connectivity index (χ3v) is 6.49. The van der Waals surface area contributed by atoms with E-state index in [2.05, 4.69) is 39.0 Å². The zero-order valence-electron chi connectivity index (χ0n) is 18.7. The molecule has 4 rings (SSSR count). The molecule has 2 fully saturated rings. The number of nitrogens with zero attached hydrogens (tertiary/aromatic N) is 4. The number of carbonyl (C=O) groups is 1. The normalized spacial score (nSPS) is 31.8. The van der Waals surface area contributed by atoms with Crippen molar-refractivity contribution >= 4 is 22.9 Å². The fraction of sp³-hybridized carbons (Fsp3) is 0.636. The van der Waals surface area contributed by atoms with E-state index in [0.717, 1.165) is 19.3 Å². The molecule has 2 aromatic rings. The summed E-state index contributed by atoms with van der Waals surface area (Å²) in [5, 5.41) is 34.2. The Morgan fingerprint density at radius 1 is 1.30 bits per heavy atom. The molecule has 1 saturated heterocycles. The van der Waals surface area contributed by atoms with Gasteiger partial charge in [0.15, 0.2) is 23.8 Å². The van der Waals surface area contributed by atoms with Gasteiger partial charge in [0.2, 0.25) is 5.82 Å². The van der Waals surface area contributed by atoms with Gasteiger partial charge in [0.1, 0.15) is 23.3 Å². The van der Waals surface area contributed by atoms with Crippen LogP contribution in [0.3, 0.4) is 0 Å². The number of nitrogens with one attached hydrogen (secondary N) is 1. The number of fused-ring (bicyclic) bond motifs is 1. The van der Waals surface area contributed by atoms with E-state index in [1.54, 1.807) is 6.92 Å². The first-order chi connectivity index (χ1) is 15.8. The number of carbonyl (C=O) groups excluding carboxylic acids is 1. The van der Waals surface area contributed by atoms with Crippen LogP contribution in [-0.2, 0) is 9.53 Å². The van der Waals surface area contributed by atoms with Gasteiger partial charge in [0.25, 0.3) is 5.91 Å². The molecule has 1 aliphatic heterocycles. The molecule has 1 amide bonds. The number of hydrogen-bond acceptors (Lipinski definition) is 9. The topological polar surface area (TPSA) is 169 Å². The van der Waals surface area contributed by atoms with Crippen LogP contribution in [-0.4, -0.2) is 71.2 Å². The van der Waals surface area contributed by atoms with Crippen LogP contribution in [0.5, 0.6) is 0 Å². The summed E-state index contributed by atoms with van der Waals surface area (Å²) in [5.41, 5.74) is 5.47. The number of ether oxygens (including phenoxy) is 1. The number of imidazole rings is 1. The van der Waals surface area contributed by atoms with Crippen molar-refractivity contribution in [2.75, 3.05) is 12.3 Å². The standard InChI is InChI=1S/C22H30N6O5/c1-3-12-5-8-22(32,9-6-12)10-7-13-26-18(23)14-19(27-13)28(11-25-14)21-16(30)15(29)17(33-21)20(31)24-4-2/h11-12,15-17,21,29-30,32H,3-6,8-9H2,1-2H3,(H,24,31)(H2,23,26,27)/t12?,15?,16-,17-,21+,22?/m0/s1. The monoisotopic (exact) mass is 458 g/mol. The first-order valence-corrected chi connectivity index (χ1v) is 11.3. The van der Waals surface area contributed by atoms with Gasteiger partial charge in [-0.25, -0.2) is 15.0 Å². The molecule has 0 bridgehead atoms. The molecule has 11 heteroatoms. The Morgan fingerprint density at radius 3 is 2.70 bits per heavy atom. The van der Waals surface area contributed by atoms with Gasteiger partial charge in [0, 0.05) is 6.54 Å². The van der Waals surface area contributed by atoms with E-state index in [4.69, 9.17) is 10.5 Å². The Bertz CT molecular complexity index is 1080. The molecule has 6 N–H and O–H groups in total. The van der Waals surface area contributed by atoms with Crippen LogP contribution < -0.4 is 11.1 Å². The molecule has 4 atom stereocenters. The minimum Gasteiger partial charge on any atom is -0.387 e. The van der Waals surface area contributed by atoms with Crippen molar-refractivity contribution in [2.45, 2.75) is 76.1 Å². The van der Waals surface area contributed by atoms with Crippen LogP contribution in [0.15, 0.2) is 6.33 Å². The second kappa shape index (κ2) is 9.23. The van der Waals surface area contributed by atoms with E-state index in [1.807, 2.05) is 0 Å². The summed E-state index contributed by atoms with van der Waals surface area (Å²) in [6.07, 6.45) is 0.298. The van der Waals surface area contributed by atoms with E-state index in [9.17, 15) is 20.1 Å². The van der Waals surface area contributed by atoms with Crippen LogP contribution in [0, 0.1) is 17.8 Å². The van der Waals surface area contributed by atoms with Gasteiger partial charge in [-0.1, -0.05) is 19.3 Å². The summed E-state index contributed by atoms with van der Waals surface area (Å²) in [7, 11) is 0. The fourth-order valence-corrected chi connectivity index (χ4v) is 4.42. The second-order valence-electron chi connectivity index (χ2n) is 8.71. The number of hydrogen-bond donors (Lipinski definition) is 5. The second-order valence-corrected chi connectivity index (χ2v) is 8.71. The lowest BCUT2D eigenvalue weighted by molar-refractivity contribution is -0.137. The van der Waals surface area contributed by atoms with Gasteiger partial charge in [-0.2, -0.15) is 0 Å². The number of likely N-dealkylation sites (N-methyl/N-ethyl adjacent to an activating group) is 1. The van der Waals surface area contributed by atoms with E-state index in [-0.39, 0.29) is 22.8 Å². The van der Waals surface area contributed by atoms with Gasteiger partial charge >= 0.3 is 0 Å². The van der Waals surface area contributed by atoms with Crippen molar-refractivity contribution < 1.29 is 24.9 Å². The maximum Gasteiger partial charge on any atom is 0.252 e. The molecule has 2 aliphatic rings. The number of anilines is 1. The molecule has 2 aromatic heterocycles. The first kappa shape index (κ1) is 23.4. The molecule has 178 valence electrons. The van der Waals surface area contributed by atoms with Crippen molar-refractivity contribution in [1.29, 1.82) is 0 Å². The van der Waals surface area contributed by atoms with Crippen LogP contribution in [0.2, 0.25) is 0 Å². The summed E-state index contributed by atoms with van der Waals surface area (Å²) < 4.78 is 7.05. The van der Waals surface area contributed by atoms with Gasteiger partial charge in [-0.3, -0.25) is 9.36 Å². The minimum atomic E-state index is -1.43. The molecule has 0 radical (unpaired) electrons. The first-order valence-electron chi connectivity index (χ1n) is 11.3. The SMILES string of the molecule is CCNC(=O)[C@H]1O[C@@H](n2cnc3c(N)nc(C#CC4(O)CCC(CC)CC4)nc32)[C@@H](O)C1O. The van der Waals surface area contributed by atoms with Crippen molar-refractivity contribution in [3.8, 4) is 11.8 Å². The lowest BCUT2D eigenvalue weighted by atomic mass is 9.78. The zero-order chi connectivity index (χ0) is 23.8. The fourth-order valence-electron chi connectivity index (χ4n) is 4.42. The number of amides is 1. The predicted octanol–water partition coefficient (Wildman–Crippen LogP) is -0.153. The summed E-state index contributed by atoms with van der Waals surface area (Å²) in [6, 6.07) is 0. The average Bonchev–Trinajstić information content (AvgIpc) is 3.35. The van der Waals surface area contributed by atoms with E-state index in [1.165, 1.54) is 10.9 Å². The van der Waals surface area contributed by atoms with Gasteiger partial charge < -0.3 is 31.1 Å². The maximum atomic E-state index is 12.2. The highest BCUT2D eigenvalue weighted by Gasteiger charge is 2.47. The Labute approximate surface area is 191 Å². The number of nitrogen functional groups attached to an aromatic ring is 1. The van der Waals surface area contributed by atoms with E-state index < -0.39 is 36.0 Å². The Balaban J connectivity index is 1.62. The number of aliphatic hydroxyl groups excluding tert-OH is 2. The highest BCUT2D eigenvalue weighted by Crippen LogP contribution is 2.34. The van der Waals surface area contributed by atoms with Crippen LogP contribution in [0.25, 0.3) is 11.2 Å². The van der Waals surface area contributed by atoms with Gasteiger partial charge in [-0.15, -0.1) is 0 Å². The number of rotatable bonds is 4. The molecule has 1 aliphatic carbocycles. The quantitative estimate of drug-likeness (QED) is 0.391. The highest BCUT2D eigenvalue weighted by atomic mass is 16.6. The molecule has 1 saturated carbocycles. The summed E-state index contributed by atoms with van der Waals surface area (Å²) in [6.45, 7) is 4.25. The molecular weight excluding hydrogens is 428 g/mol. The summed E-state index contributed by atoms with van der Waals surface area (Å²) >= 11 is 0. The average molecular weight is 459 g/mol. The lowest BCUT2D eigenvalue weighted by Gasteiger charge is -2.31. The third kappa shape index (κ3) is 4.52. The molecular formula is C22H30N6O5. The van der Waals surface area contributed by atoms with E-state index >= 15 is 0 Å². The van der Waals surface area contributed by atoms with Gasteiger partial charge in [0.05, 0.1) is 6.33 Å². The Kier molecular flexibility index (Phi) is 6.54. The molecule has 33 heavy (non-hydrogen) atoms. The van der Waals surface area contributed by atoms with Crippen LogP contribution in [0.1, 0.15) is 58.0 Å². The molecule has 3 heterocycles. The molecule has 0 spiro atoms. The van der Waals surface area contributed by atoms with Crippen molar-refractivity contribution in [1.82, 2.24) is 24.8 Å². The minimum absolute atomic E-state index is 0.0815. The Hall–Kier alpha value is -2.78. The largest absolute Gasteiger partial charge is 0.387 e. The molecule has 11 nitrogen and oxygen atoms in total.